The molecule has 0 saturated heterocycles. The fourth-order valence-corrected chi connectivity index (χ4v) is 5.17. The van der Waals surface area contributed by atoms with Crippen LogP contribution in [0.4, 0.5) is 0 Å². The molecule has 0 unspecified atom stereocenters. The molecule has 3 aromatic heterocycles. The highest BCUT2D eigenvalue weighted by Crippen LogP contribution is 2.36. The van der Waals surface area contributed by atoms with Crippen molar-refractivity contribution in [3.05, 3.63) is 69.9 Å². The number of rotatable bonds is 7. The number of benzene rings is 1. The average Bonchev–Trinajstić information content (AvgIpc) is 3.12. The standard InChI is InChI=1S/C23H23ClN4O4S/c1-4-11-33(30,31)14-17-12-19(16-6-8-20(29)28(3)13-16)26-23(25-17)32-22-18(24)7-5-15-9-10-27(2)21(15)22/h5-10,12-13H,4,11,14H2,1-3H3. The average molecular weight is 487 g/mol. The first kappa shape index (κ1) is 23.0. The highest BCUT2D eigenvalue weighted by atomic mass is 35.5. The summed E-state index contributed by atoms with van der Waals surface area (Å²) in [4.78, 5) is 20.7. The van der Waals surface area contributed by atoms with Gasteiger partial charge in [-0.15, -0.1) is 0 Å². The largest absolute Gasteiger partial charge is 0.420 e. The highest BCUT2D eigenvalue weighted by Gasteiger charge is 2.18. The van der Waals surface area contributed by atoms with Crippen molar-refractivity contribution < 1.29 is 13.2 Å². The number of nitrogens with zero attached hydrogens (tertiary/aromatic N) is 4. The molecule has 4 aromatic rings. The predicted octanol–water partition coefficient (Wildman–Crippen LogP) is 4.10. The molecule has 0 aliphatic heterocycles. The maximum absolute atomic E-state index is 12.5. The lowest BCUT2D eigenvalue weighted by atomic mass is 10.2. The van der Waals surface area contributed by atoms with Crippen molar-refractivity contribution in [2.24, 2.45) is 14.1 Å². The van der Waals surface area contributed by atoms with Gasteiger partial charge in [0.1, 0.15) is 0 Å². The molecule has 33 heavy (non-hydrogen) atoms. The van der Waals surface area contributed by atoms with Crippen LogP contribution in [0.1, 0.15) is 19.0 Å². The molecule has 1 aromatic carbocycles. The van der Waals surface area contributed by atoms with E-state index in [0.29, 0.717) is 34.1 Å². The lowest BCUT2D eigenvalue weighted by Gasteiger charge is -2.12. The molecular weight excluding hydrogens is 464 g/mol. The molecule has 172 valence electrons. The SMILES string of the molecule is CCCS(=O)(=O)Cc1cc(-c2ccc(=O)n(C)c2)nc(Oc2c(Cl)ccc3ccn(C)c23)n1. The molecule has 0 atom stereocenters. The van der Waals surface area contributed by atoms with Gasteiger partial charge in [0.15, 0.2) is 15.6 Å². The quantitative estimate of drug-likeness (QED) is 0.390. The molecule has 4 rings (SSSR count). The molecule has 0 spiro atoms. The minimum absolute atomic E-state index is 0.0290. The lowest BCUT2D eigenvalue weighted by Crippen LogP contribution is -2.14. The van der Waals surface area contributed by atoms with Crippen LogP contribution >= 0.6 is 11.6 Å². The number of halogens is 1. The molecule has 0 aliphatic rings. The van der Waals surface area contributed by atoms with E-state index in [1.807, 2.05) is 36.9 Å². The zero-order valence-corrected chi connectivity index (χ0v) is 20.0. The third-order valence-corrected chi connectivity index (χ3v) is 7.23. The van der Waals surface area contributed by atoms with Gasteiger partial charge in [-0.25, -0.2) is 8.42 Å². The lowest BCUT2D eigenvalue weighted by molar-refractivity contribution is 0.444. The van der Waals surface area contributed by atoms with E-state index in [1.54, 1.807) is 31.4 Å². The van der Waals surface area contributed by atoms with Crippen LogP contribution in [0.5, 0.6) is 11.8 Å². The van der Waals surface area contributed by atoms with Crippen LogP contribution in [-0.2, 0) is 29.7 Å². The van der Waals surface area contributed by atoms with Gasteiger partial charge in [0.25, 0.3) is 0 Å². The van der Waals surface area contributed by atoms with Gasteiger partial charge in [-0.2, -0.15) is 9.97 Å². The van der Waals surface area contributed by atoms with E-state index in [9.17, 15) is 13.2 Å². The van der Waals surface area contributed by atoms with E-state index in [-0.39, 0.29) is 23.1 Å². The maximum atomic E-state index is 12.5. The van der Waals surface area contributed by atoms with Crippen molar-refractivity contribution in [1.29, 1.82) is 0 Å². The van der Waals surface area contributed by atoms with Crippen LogP contribution in [0.15, 0.2) is 53.6 Å². The van der Waals surface area contributed by atoms with Crippen molar-refractivity contribution >= 4 is 32.3 Å². The van der Waals surface area contributed by atoms with Crippen molar-refractivity contribution in [3.8, 4) is 23.0 Å². The molecule has 8 nitrogen and oxygen atoms in total. The van der Waals surface area contributed by atoms with E-state index in [2.05, 4.69) is 9.97 Å². The molecule has 0 N–H and O–H groups in total. The van der Waals surface area contributed by atoms with Crippen LogP contribution in [0, 0.1) is 0 Å². The highest BCUT2D eigenvalue weighted by molar-refractivity contribution is 7.90. The zero-order chi connectivity index (χ0) is 23.8. The third kappa shape index (κ3) is 4.94. The smallest absolute Gasteiger partial charge is 0.322 e. The van der Waals surface area contributed by atoms with E-state index < -0.39 is 9.84 Å². The van der Waals surface area contributed by atoms with Crippen molar-refractivity contribution in [2.75, 3.05) is 5.75 Å². The number of aromatic nitrogens is 4. The molecule has 3 heterocycles. The molecule has 0 saturated carbocycles. The Morgan fingerprint density at radius 1 is 1.06 bits per heavy atom. The van der Waals surface area contributed by atoms with Gasteiger partial charge in [0.05, 0.1) is 33.4 Å². The Hall–Kier alpha value is -3.17. The Bertz CT molecular complexity index is 1510. The first-order valence-corrected chi connectivity index (χ1v) is 12.5. The normalized spacial score (nSPS) is 11.8. The first-order chi connectivity index (χ1) is 15.7. The number of sulfone groups is 1. The Labute approximate surface area is 196 Å². The minimum Gasteiger partial charge on any atom is -0.420 e. The molecular formula is C23H23ClN4O4S. The number of hydrogen-bond acceptors (Lipinski definition) is 6. The molecule has 0 fully saturated rings. The molecule has 10 heteroatoms. The summed E-state index contributed by atoms with van der Waals surface area (Å²) in [6.07, 6.45) is 4.03. The zero-order valence-electron chi connectivity index (χ0n) is 18.4. The van der Waals surface area contributed by atoms with Gasteiger partial charge in [-0.05, 0) is 30.7 Å². The number of ether oxygens (including phenoxy) is 1. The first-order valence-electron chi connectivity index (χ1n) is 10.3. The van der Waals surface area contributed by atoms with Gasteiger partial charge in [-0.1, -0.05) is 24.6 Å². The van der Waals surface area contributed by atoms with Gasteiger partial charge in [0, 0.05) is 43.5 Å². The fraction of sp³-hybridized carbons (Fsp3) is 0.261. The van der Waals surface area contributed by atoms with Crippen LogP contribution in [-0.4, -0.2) is 33.3 Å². The van der Waals surface area contributed by atoms with E-state index in [4.69, 9.17) is 16.3 Å². The molecule has 0 aliphatic carbocycles. The van der Waals surface area contributed by atoms with Crippen molar-refractivity contribution in [1.82, 2.24) is 19.1 Å². The molecule has 0 radical (unpaired) electrons. The van der Waals surface area contributed by atoms with Crippen LogP contribution in [0.25, 0.3) is 22.2 Å². The monoisotopic (exact) mass is 486 g/mol. The van der Waals surface area contributed by atoms with Crippen LogP contribution < -0.4 is 10.3 Å². The summed E-state index contributed by atoms with van der Waals surface area (Å²) in [6, 6.07) is 10.2. The Morgan fingerprint density at radius 2 is 1.85 bits per heavy atom. The molecule has 0 bridgehead atoms. The number of fused-ring (bicyclic) bond motifs is 1. The van der Waals surface area contributed by atoms with Crippen LogP contribution in [0.2, 0.25) is 5.02 Å². The summed E-state index contributed by atoms with van der Waals surface area (Å²) < 4.78 is 34.3. The van der Waals surface area contributed by atoms with Crippen molar-refractivity contribution in [3.63, 3.8) is 0 Å². The van der Waals surface area contributed by atoms with Gasteiger partial charge < -0.3 is 13.9 Å². The Morgan fingerprint density at radius 3 is 2.58 bits per heavy atom. The molecule has 0 amide bonds. The summed E-state index contributed by atoms with van der Waals surface area (Å²) in [5.41, 5.74) is 1.96. The topological polar surface area (TPSA) is 96.1 Å². The summed E-state index contributed by atoms with van der Waals surface area (Å²) >= 11 is 6.44. The second-order valence-corrected chi connectivity index (χ2v) is 10.4. The van der Waals surface area contributed by atoms with E-state index in [1.165, 1.54) is 10.6 Å². The van der Waals surface area contributed by atoms with Gasteiger partial charge >= 0.3 is 6.01 Å². The van der Waals surface area contributed by atoms with E-state index >= 15 is 0 Å². The number of aryl methyl sites for hydroxylation is 2. The van der Waals surface area contributed by atoms with Crippen molar-refractivity contribution in [2.45, 2.75) is 19.1 Å². The third-order valence-electron chi connectivity index (χ3n) is 5.16. The second-order valence-electron chi connectivity index (χ2n) is 7.83. The Kier molecular flexibility index (Phi) is 6.27. The second kappa shape index (κ2) is 8.99. The fourth-order valence-electron chi connectivity index (χ4n) is 3.61. The maximum Gasteiger partial charge on any atom is 0.322 e. The van der Waals surface area contributed by atoms with Gasteiger partial charge in [-0.3, -0.25) is 4.79 Å². The summed E-state index contributed by atoms with van der Waals surface area (Å²) in [7, 11) is 0.143. The van der Waals surface area contributed by atoms with E-state index in [0.717, 1.165) is 10.9 Å². The van der Waals surface area contributed by atoms with Gasteiger partial charge in [0.2, 0.25) is 5.56 Å². The summed E-state index contributed by atoms with van der Waals surface area (Å²) in [5, 5.41) is 1.30. The predicted molar refractivity (Wildman–Crippen MR) is 128 cm³/mol. The number of hydrogen-bond donors (Lipinski definition) is 0. The Balaban J connectivity index is 1.84. The number of pyridine rings is 1. The summed E-state index contributed by atoms with van der Waals surface area (Å²) in [6.45, 7) is 1.81. The summed E-state index contributed by atoms with van der Waals surface area (Å²) in [5.74, 6) is 0.180. The van der Waals surface area contributed by atoms with Crippen LogP contribution in [0.3, 0.4) is 0 Å². The minimum atomic E-state index is -3.36.